The Balaban J connectivity index is 2.04. The second-order valence-corrected chi connectivity index (χ2v) is 6.80. The quantitative estimate of drug-likeness (QED) is 0.530. The number of carboxylic acids is 1. The monoisotopic (exact) mass is 405 g/mol. The van der Waals surface area contributed by atoms with E-state index in [-0.39, 0.29) is 18.5 Å². The van der Waals surface area contributed by atoms with Gasteiger partial charge in [0, 0.05) is 6.20 Å². The molecule has 0 aliphatic carbocycles. The van der Waals surface area contributed by atoms with E-state index in [9.17, 15) is 19.5 Å². The first-order chi connectivity index (χ1) is 14.5. The summed E-state index contributed by atoms with van der Waals surface area (Å²) < 4.78 is 1.48. The van der Waals surface area contributed by atoms with Gasteiger partial charge in [-0.2, -0.15) is 0 Å². The molecule has 0 fully saturated rings. The first kappa shape index (κ1) is 21.0. The van der Waals surface area contributed by atoms with Crippen LogP contribution in [0.15, 0.2) is 83.8 Å². The number of carboxylic acid groups (broad SMARTS) is 1. The maximum atomic E-state index is 13.2. The summed E-state index contributed by atoms with van der Waals surface area (Å²) >= 11 is 0. The van der Waals surface area contributed by atoms with Gasteiger partial charge in [0.2, 0.25) is 0 Å². The van der Waals surface area contributed by atoms with Crippen LogP contribution in [0.5, 0.6) is 0 Å². The van der Waals surface area contributed by atoms with Gasteiger partial charge in [0.05, 0.1) is 6.04 Å². The smallest absolute Gasteiger partial charge is 0.326 e. The highest BCUT2D eigenvalue weighted by molar-refractivity contribution is 5.96. The summed E-state index contributed by atoms with van der Waals surface area (Å²) in [6.07, 6.45) is 1.69. The highest BCUT2D eigenvalue weighted by Crippen LogP contribution is 2.25. The fourth-order valence-corrected chi connectivity index (χ4v) is 3.33. The molecular weight excluding hydrogens is 382 g/mol. The van der Waals surface area contributed by atoms with Gasteiger partial charge >= 0.3 is 5.97 Å². The van der Waals surface area contributed by atoms with E-state index in [4.69, 9.17) is 5.73 Å². The Morgan fingerprint density at radius 1 is 0.933 bits per heavy atom. The average Bonchev–Trinajstić information content (AvgIpc) is 2.76. The number of carbonyl (C=O) groups is 2. The molecule has 0 aliphatic rings. The Kier molecular flexibility index (Phi) is 6.77. The van der Waals surface area contributed by atoms with Gasteiger partial charge in [-0.15, -0.1) is 0 Å². The molecule has 0 saturated heterocycles. The molecule has 0 radical (unpaired) electrons. The van der Waals surface area contributed by atoms with E-state index in [1.807, 2.05) is 60.7 Å². The predicted octanol–water partition coefficient (Wildman–Crippen LogP) is 2.02. The van der Waals surface area contributed by atoms with Gasteiger partial charge in [-0.3, -0.25) is 9.59 Å². The molecule has 0 saturated carbocycles. The molecule has 0 aliphatic heterocycles. The fourth-order valence-electron chi connectivity index (χ4n) is 3.33. The maximum absolute atomic E-state index is 13.2. The number of benzene rings is 2. The van der Waals surface area contributed by atoms with Gasteiger partial charge in [0.15, 0.2) is 0 Å². The molecule has 1 aromatic heterocycles. The van der Waals surface area contributed by atoms with Crippen LogP contribution in [-0.4, -0.2) is 34.1 Å². The van der Waals surface area contributed by atoms with Crippen molar-refractivity contribution < 1.29 is 14.7 Å². The summed E-state index contributed by atoms with van der Waals surface area (Å²) in [6.45, 7) is 0.0976. The van der Waals surface area contributed by atoms with Gasteiger partial charge in [0.1, 0.15) is 11.6 Å². The molecule has 3 rings (SSSR count). The van der Waals surface area contributed by atoms with Gasteiger partial charge in [-0.1, -0.05) is 60.7 Å². The largest absolute Gasteiger partial charge is 0.480 e. The predicted molar refractivity (Wildman–Crippen MR) is 113 cm³/mol. The zero-order valence-corrected chi connectivity index (χ0v) is 16.3. The van der Waals surface area contributed by atoms with Gasteiger partial charge < -0.3 is 20.7 Å². The van der Waals surface area contributed by atoms with Crippen molar-refractivity contribution >= 4 is 11.9 Å². The van der Waals surface area contributed by atoms with E-state index in [0.29, 0.717) is 0 Å². The fraction of sp³-hybridized carbons (Fsp3) is 0.174. The number of pyridine rings is 1. The van der Waals surface area contributed by atoms with E-state index in [2.05, 4.69) is 5.32 Å². The number of rotatable bonds is 8. The SMILES string of the molecule is NCC[C@H](NC(=O)c1cccn(C(c2ccccc2)c2ccccc2)c1=O)C(=O)O. The van der Waals surface area contributed by atoms with Crippen LogP contribution in [0.4, 0.5) is 0 Å². The normalized spacial score (nSPS) is 11.8. The second kappa shape index (κ2) is 9.67. The summed E-state index contributed by atoms with van der Waals surface area (Å²) in [7, 11) is 0. The van der Waals surface area contributed by atoms with Gasteiger partial charge in [-0.25, -0.2) is 4.79 Å². The third-order valence-corrected chi connectivity index (χ3v) is 4.79. The topological polar surface area (TPSA) is 114 Å². The number of nitrogens with two attached hydrogens (primary N) is 1. The number of hydrogen-bond donors (Lipinski definition) is 3. The molecule has 154 valence electrons. The molecule has 0 spiro atoms. The Bertz CT molecular complexity index is 1030. The van der Waals surface area contributed by atoms with E-state index < -0.39 is 29.5 Å². The first-order valence-electron chi connectivity index (χ1n) is 9.57. The number of hydrogen-bond acceptors (Lipinski definition) is 4. The van der Waals surface area contributed by atoms with Gasteiger partial charge in [-0.05, 0) is 36.2 Å². The van der Waals surface area contributed by atoms with Crippen molar-refractivity contribution in [3.8, 4) is 0 Å². The van der Waals surface area contributed by atoms with Crippen molar-refractivity contribution in [1.29, 1.82) is 0 Å². The number of nitrogens with one attached hydrogen (secondary N) is 1. The van der Waals surface area contributed by atoms with Crippen molar-refractivity contribution in [3.05, 3.63) is 106 Å². The molecule has 4 N–H and O–H groups in total. The standard InChI is InChI=1S/C23H23N3O4/c24-14-13-19(23(29)30)25-21(27)18-12-7-15-26(22(18)28)20(16-8-3-1-4-9-16)17-10-5-2-6-11-17/h1-12,15,19-20H,13-14,24H2,(H,25,27)(H,29,30)/t19-/m0/s1. The lowest BCUT2D eigenvalue weighted by atomic mass is 9.98. The molecule has 0 bridgehead atoms. The highest BCUT2D eigenvalue weighted by atomic mass is 16.4. The van der Waals surface area contributed by atoms with E-state index in [1.165, 1.54) is 10.6 Å². The van der Waals surface area contributed by atoms with E-state index in [1.54, 1.807) is 12.3 Å². The van der Waals surface area contributed by atoms with Crippen molar-refractivity contribution in [2.24, 2.45) is 5.73 Å². The molecule has 7 nitrogen and oxygen atoms in total. The molecule has 30 heavy (non-hydrogen) atoms. The minimum Gasteiger partial charge on any atom is -0.480 e. The number of aliphatic carboxylic acids is 1. The minimum atomic E-state index is -1.20. The zero-order chi connectivity index (χ0) is 21.5. The van der Waals surface area contributed by atoms with Crippen LogP contribution in [0.1, 0.15) is 33.9 Å². The number of aromatic nitrogens is 1. The summed E-state index contributed by atoms with van der Waals surface area (Å²) in [5, 5.41) is 11.6. The summed E-state index contributed by atoms with van der Waals surface area (Å²) in [5.41, 5.74) is 6.56. The molecule has 2 aromatic carbocycles. The minimum absolute atomic E-state index is 0.0682. The molecule has 0 unspecified atom stereocenters. The van der Waals surface area contributed by atoms with Crippen LogP contribution in [0.25, 0.3) is 0 Å². The van der Waals surface area contributed by atoms with Gasteiger partial charge in [0.25, 0.3) is 11.5 Å². The van der Waals surface area contributed by atoms with Crippen molar-refractivity contribution in [1.82, 2.24) is 9.88 Å². The molecular formula is C23H23N3O4. The van der Waals surface area contributed by atoms with Crippen LogP contribution in [0.2, 0.25) is 0 Å². The first-order valence-corrected chi connectivity index (χ1v) is 9.57. The van der Waals surface area contributed by atoms with Crippen LogP contribution in [0.3, 0.4) is 0 Å². The Morgan fingerprint density at radius 3 is 2.00 bits per heavy atom. The molecule has 3 aromatic rings. The van der Waals surface area contributed by atoms with Crippen LogP contribution >= 0.6 is 0 Å². The third kappa shape index (κ3) is 4.64. The Labute approximate surface area is 173 Å². The number of amides is 1. The Morgan fingerprint density at radius 2 is 1.50 bits per heavy atom. The van der Waals surface area contributed by atoms with Crippen LogP contribution in [0, 0.1) is 0 Å². The molecule has 7 heteroatoms. The summed E-state index contributed by atoms with van der Waals surface area (Å²) in [6, 6.07) is 20.4. The zero-order valence-electron chi connectivity index (χ0n) is 16.3. The van der Waals surface area contributed by atoms with E-state index >= 15 is 0 Å². The van der Waals surface area contributed by atoms with Crippen LogP contribution in [-0.2, 0) is 4.79 Å². The lowest BCUT2D eigenvalue weighted by Gasteiger charge is -2.22. The van der Waals surface area contributed by atoms with E-state index in [0.717, 1.165) is 11.1 Å². The van der Waals surface area contributed by atoms with Crippen molar-refractivity contribution in [2.45, 2.75) is 18.5 Å². The summed E-state index contributed by atoms with van der Waals surface area (Å²) in [5.74, 6) is -1.94. The number of nitrogens with zero attached hydrogens (tertiary/aromatic N) is 1. The molecule has 1 amide bonds. The summed E-state index contributed by atoms with van der Waals surface area (Å²) in [4.78, 5) is 37.2. The van der Waals surface area contributed by atoms with Crippen molar-refractivity contribution in [3.63, 3.8) is 0 Å². The highest BCUT2D eigenvalue weighted by Gasteiger charge is 2.24. The number of carbonyl (C=O) groups excluding carboxylic acids is 1. The van der Waals surface area contributed by atoms with Crippen LogP contribution < -0.4 is 16.6 Å². The second-order valence-electron chi connectivity index (χ2n) is 6.80. The lowest BCUT2D eigenvalue weighted by molar-refractivity contribution is -0.139. The maximum Gasteiger partial charge on any atom is 0.326 e. The lowest BCUT2D eigenvalue weighted by Crippen LogP contribution is -2.44. The average molecular weight is 405 g/mol. The molecule has 1 atom stereocenters. The van der Waals surface area contributed by atoms with Crippen molar-refractivity contribution in [2.75, 3.05) is 6.54 Å². The molecule has 1 heterocycles. The Hall–Kier alpha value is -3.71. The third-order valence-electron chi connectivity index (χ3n) is 4.79.